The van der Waals surface area contributed by atoms with Crippen LogP contribution in [0.25, 0.3) is 5.69 Å². The Kier molecular flexibility index (Phi) is 7.61. The lowest BCUT2D eigenvalue weighted by atomic mass is 10.1. The molecule has 0 aliphatic carbocycles. The summed E-state index contributed by atoms with van der Waals surface area (Å²) in [4.78, 5) is 36.7. The molecule has 1 amide bonds. The topological polar surface area (TPSA) is 90.3 Å². The largest absolute Gasteiger partial charge is 0.457 e. The Morgan fingerprint density at radius 1 is 1.13 bits per heavy atom. The van der Waals surface area contributed by atoms with Crippen LogP contribution in [0.2, 0.25) is 0 Å². The van der Waals surface area contributed by atoms with Crippen LogP contribution in [0.3, 0.4) is 0 Å². The van der Waals surface area contributed by atoms with Crippen LogP contribution in [-0.2, 0) is 20.7 Å². The standard InChI is InChI=1S/C23H23N3O4S/c1-16(27)25-20-12-18(9-10-22(20)31-2)21(28)15-30-23(29)11-8-17-13-24-26(14-17)19-6-4-3-5-7-19/h3-7,9-10,12-14H,8,11,15H2,1-2H3,(H,25,27). The highest BCUT2D eigenvalue weighted by atomic mass is 32.2. The predicted octanol–water partition coefficient (Wildman–Crippen LogP) is 3.91. The van der Waals surface area contributed by atoms with Gasteiger partial charge < -0.3 is 10.1 Å². The highest BCUT2D eigenvalue weighted by Gasteiger charge is 2.13. The van der Waals surface area contributed by atoms with Gasteiger partial charge in [0.15, 0.2) is 12.4 Å². The molecule has 0 radical (unpaired) electrons. The number of hydrogen-bond acceptors (Lipinski definition) is 6. The normalized spacial score (nSPS) is 10.5. The van der Waals surface area contributed by atoms with E-state index in [4.69, 9.17) is 4.74 Å². The fraction of sp³-hybridized carbons (Fsp3) is 0.217. The molecule has 0 aliphatic rings. The molecular formula is C23H23N3O4S. The van der Waals surface area contributed by atoms with Gasteiger partial charge >= 0.3 is 5.97 Å². The van der Waals surface area contributed by atoms with Crippen molar-refractivity contribution in [3.05, 3.63) is 72.1 Å². The van der Waals surface area contributed by atoms with E-state index in [1.165, 1.54) is 18.7 Å². The first-order chi connectivity index (χ1) is 15.0. The zero-order valence-electron chi connectivity index (χ0n) is 17.3. The maximum atomic E-state index is 12.4. The second kappa shape index (κ2) is 10.6. The molecule has 31 heavy (non-hydrogen) atoms. The van der Waals surface area contributed by atoms with Gasteiger partial charge in [0.25, 0.3) is 0 Å². The van der Waals surface area contributed by atoms with Crippen molar-refractivity contribution in [3.63, 3.8) is 0 Å². The molecule has 160 valence electrons. The quantitative estimate of drug-likeness (QED) is 0.310. The Morgan fingerprint density at radius 2 is 1.90 bits per heavy atom. The summed E-state index contributed by atoms with van der Waals surface area (Å²) in [5, 5.41) is 7.01. The molecule has 1 N–H and O–H groups in total. The Morgan fingerprint density at radius 3 is 2.61 bits per heavy atom. The number of rotatable bonds is 9. The zero-order valence-corrected chi connectivity index (χ0v) is 18.1. The van der Waals surface area contributed by atoms with Crippen molar-refractivity contribution in [1.29, 1.82) is 0 Å². The Labute approximate surface area is 184 Å². The number of nitrogens with zero attached hydrogens (tertiary/aromatic N) is 2. The zero-order chi connectivity index (χ0) is 22.2. The van der Waals surface area contributed by atoms with Crippen molar-refractivity contribution in [2.24, 2.45) is 0 Å². The maximum Gasteiger partial charge on any atom is 0.306 e. The predicted molar refractivity (Wildman–Crippen MR) is 120 cm³/mol. The molecule has 2 aromatic carbocycles. The third-order valence-corrected chi connectivity index (χ3v) is 5.27. The molecule has 0 saturated heterocycles. The maximum absolute atomic E-state index is 12.4. The number of aryl methyl sites for hydroxylation is 1. The molecule has 0 aliphatic heterocycles. The molecule has 0 atom stereocenters. The van der Waals surface area contributed by atoms with Gasteiger partial charge in [-0.1, -0.05) is 24.3 Å². The second-order valence-electron chi connectivity index (χ2n) is 6.81. The van der Waals surface area contributed by atoms with E-state index < -0.39 is 5.97 Å². The van der Waals surface area contributed by atoms with Gasteiger partial charge in [-0.15, -0.1) is 11.8 Å². The van der Waals surface area contributed by atoms with Crippen LogP contribution in [0.4, 0.5) is 5.69 Å². The van der Waals surface area contributed by atoms with E-state index >= 15 is 0 Å². The van der Waals surface area contributed by atoms with Crippen LogP contribution in [-0.4, -0.2) is 40.3 Å². The summed E-state index contributed by atoms with van der Waals surface area (Å²) in [5.74, 6) is -1.00. The summed E-state index contributed by atoms with van der Waals surface area (Å²) in [7, 11) is 0. The molecule has 8 heteroatoms. The van der Waals surface area contributed by atoms with Gasteiger partial charge in [-0.25, -0.2) is 4.68 Å². The Balaban J connectivity index is 1.51. The Bertz CT molecular complexity index is 1080. The third-order valence-electron chi connectivity index (χ3n) is 4.47. The number of anilines is 1. The second-order valence-corrected chi connectivity index (χ2v) is 7.66. The van der Waals surface area contributed by atoms with Crippen molar-refractivity contribution in [1.82, 2.24) is 9.78 Å². The number of carbonyl (C=O) groups excluding carboxylic acids is 3. The van der Waals surface area contributed by atoms with Crippen LogP contribution >= 0.6 is 11.8 Å². The van der Waals surface area contributed by atoms with Gasteiger partial charge in [-0.05, 0) is 42.5 Å². The van der Waals surface area contributed by atoms with Crippen molar-refractivity contribution in [2.45, 2.75) is 24.7 Å². The number of benzene rings is 2. The van der Waals surface area contributed by atoms with E-state index in [2.05, 4.69) is 10.4 Å². The van der Waals surface area contributed by atoms with Gasteiger partial charge in [0.1, 0.15) is 0 Å². The summed E-state index contributed by atoms with van der Waals surface area (Å²) < 4.78 is 6.89. The first-order valence-corrected chi connectivity index (χ1v) is 10.9. The summed E-state index contributed by atoms with van der Waals surface area (Å²) >= 11 is 1.46. The van der Waals surface area contributed by atoms with Crippen LogP contribution in [0, 0.1) is 0 Å². The number of esters is 1. The molecular weight excluding hydrogens is 414 g/mol. The van der Waals surface area contributed by atoms with E-state index in [9.17, 15) is 14.4 Å². The number of ketones is 1. The van der Waals surface area contributed by atoms with Crippen molar-refractivity contribution in [3.8, 4) is 5.69 Å². The van der Waals surface area contributed by atoms with E-state index in [1.807, 2.05) is 42.8 Å². The molecule has 0 spiro atoms. The summed E-state index contributed by atoms with van der Waals surface area (Å²) in [6, 6.07) is 14.7. The molecule has 0 fully saturated rings. The smallest absolute Gasteiger partial charge is 0.306 e. The van der Waals surface area contributed by atoms with Crippen LogP contribution in [0.5, 0.6) is 0 Å². The van der Waals surface area contributed by atoms with E-state index in [1.54, 1.807) is 29.1 Å². The fourth-order valence-corrected chi connectivity index (χ4v) is 3.46. The monoisotopic (exact) mass is 437 g/mol. The third kappa shape index (κ3) is 6.29. The molecule has 7 nitrogen and oxygen atoms in total. The van der Waals surface area contributed by atoms with Gasteiger partial charge in [0.05, 0.1) is 17.6 Å². The molecule has 0 bridgehead atoms. The summed E-state index contributed by atoms with van der Waals surface area (Å²) in [6.07, 6.45) is 6.08. The van der Waals surface area contributed by atoms with Crippen LogP contribution in [0.1, 0.15) is 29.3 Å². The van der Waals surface area contributed by atoms with E-state index in [0.29, 0.717) is 17.7 Å². The van der Waals surface area contributed by atoms with Crippen LogP contribution < -0.4 is 5.32 Å². The number of ether oxygens (including phenoxy) is 1. The number of carbonyl (C=O) groups is 3. The van der Waals surface area contributed by atoms with E-state index in [-0.39, 0.29) is 24.7 Å². The van der Waals surface area contributed by atoms with Gasteiger partial charge in [0, 0.05) is 30.0 Å². The molecule has 0 unspecified atom stereocenters. The fourth-order valence-electron chi connectivity index (χ4n) is 2.93. The number of Topliss-reactive ketones (excluding diaryl/α,β-unsaturated/α-hetero) is 1. The lowest BCUT2D eigenvalue weighted by molar-refractivity contribution is -0.142. The number of para-hydroxylation sites is 1. The number of thioether (sulfide) groups is 1. The first kappa shape index (κ1) is 22.3. The van der Waals surface area contributed by atoms with Crippen LogP contribution in [0.15, 0.2) is 65.8 Å². The van der Waals surface area contributed by atoms with Crippen molar-refractivity contribution in [2.75, 3.05) is 18.2 Å². The highest BCUT2D eigenvalue weighted by Crippen LogP contribution is 2.26. The molecule has 1 heterocycles. The highest BCUT2D eigenvalue weighted by molar-refractivity contribution is 7.98. The molecule has 3 rings (SSSR count). The summed E-state index contributed by atoms with van der Waals surface area (Å²) in [6.45, 7) is 1.06. The molecule has 1 aromatic heterocycles. The lowest BCUT2D eigenvalue weighted by Gasteiger charge is -2.10. The average molecular weight is 438 g/mol. The molecule has 3 aromatic rings. The first-order valence-electron chi connectivity index (χ1n) is 9.69. The average Bonchev–Trinajstić information content (AvgIpc) is 3.25. The minimum absolute atomic E-state index is 0.149. The van der Waals surface area contributed by atoms with Crippen molar-refractivity contribution < 1.29 is 19.1 Å². The van der Waals surface area contributed by atoms with Gasteiger partial charge in [-0.3, -0.25) is 14.4 Å². The lowest BCUT2D eigenvalue weighted by Crippen LogP contribution is -2.15. The van der Waals surface area contributed by atoms with Gasteiger partial charge in [0.2, 0.25) is 5.91 Å². The van der Waals surface area contributed by atoms with Crippen molar-refractivity contribution >= 4 is 35.1 Å². The number of hydrogen-bond donors (Lipinski definition) is 1. The summed E-state index contributed by atoms with van der Waals surface area (Å²) in [5.41, 5.74) is 2.78. The minimum atomic E-state index is -0.455. The molecule has 0 saturated carbocycles. The number of aromatic nitrogens is 2. The Hall–Kier alpha value is -3.39. The SMILES string of the molecule is CSc1ccc(C(=O)COC(=O)CCc2cnn(-c3ccccc3)c2)cc1NC(C)=O. The minimum Gasteiger partial charge on any atom is -0.457 e. The number of amides is 1. The van der Waals surface area contributed by atoms with E-state index in [0.717, 1.165) is 16.1 Å². The number of nitrogens with one attached hydrogen (secondary N) is 1. The van der Waals surface area contributed by atoms with Gasteiger partial charge in [-0.2, -0.15) is 5.10 Å².